The van der Waals surface area contributed by atoms with E-state index < -0.39 is 5.97 Å². The van der Waals surface area contributed by atoms with Crippen LogP contribution in [0.15, 0.2) is 30.3 Å². The summed E-state index contributed by atoms with van der Waals surface area (Å²) < 4.78 is 0. The number of benzene rings is 1. The van der Waals surface area contributed by atoms with Gasteiger partial charge in [-0.2, -0.15) is 0 Å². The van der Waals surface area contributed by atoms with E-state index in [4.69, 9.17) is 5.11 Å². The zero-order valence-corrected chi connectivity index (χ0v) is 12.0. The Labute approximate surface area is 123 Å². The molecule has 0 radical (unpaired) electrons. The first-order valence-electron chi connectivity index (χ1n) is 7.09. The standard InChI is InChI=1S/C16H20N2O3/c1-11(10-19)5-4-8-17-15-13(16(20)21)9-12-6-2-3-7-14(12)18-15/h2-3,6-7,9,11,19H,4-5,8,10H2,1H3,(H,17,18)(H,20,21). The van der Waals surface area contributed by atoms with Crippen LogP contribution in [0, 0.1) is 5.92 Å². The number of hydrogen-bond donors (Lipinski definition) is 3. The molecule has 2 aromatic rings. The van der Waals surface area contributed by atoms with E-state index in [2.05, 4.69) is 10.3 Å². The number of rotatable bonds is 7. The van der Waals surface area contributed by atoms with E-state index in [1.54, 1.807) is 6.07 Å². The van der Waals surface area contributed by atoms with Crippen LogP contribution in [0.5, 0.6) is 0 Å². The van der Waals surface area contributed by atoms with Crippen LogP contribution in [-0.2, 0) is 0 Å². The van der Waals surface area contributed by atoms with E-state index in [0.717, 1.165) is 23.7 Å². The summed E-state index contributed by atoms with van der Waals surface area (Å²) in [6.45, 7) is 2.79. The van der Waals surface area contributed by atoms with Crippen LogP contribution in [0.4, 0.5) is 5.82 Å². The van der Waals surface area contributed by atoms with E-state index in [1.807, 2.05) is 31.2 Å². The molecular weight excluding hydrogens is 268 g/mol. The zero-order valence-electron chi connectivity index (χ0n) is 12.0. The van der Waals surface area contributed by atoms with E-state index in [9.17, 15) is 9.90 Å². The van der Waals surface area contributed by atoms with Crippen molar-refractivity contribution >= 4 is 22.7 Å². The molecule has 1 aromatic heterocycles. The summed E-state index contributed by atoms with van der Waals surface area (Å²) in [6.07, 6.45) is 1.74. The van der Waals surface area contributed by atoms with Crippen LogP contribution in [0.1, 0.15) is 30.1 Å². The summed E-state index contributed by atoms with van der Waals surface area (Å²) in [7, 11) is 0. The number of aromatic carboxylic acids is 1. The van der Waals surface area contributed by atoms with Crippen molar-refractivity contribution in [2.24, 2.45) is 5.92 Å². The van der Waals surface area contributed by atoms with E-state index in [1.165, 1.54) is 0 Å². The highest BCUT2D eigenvalue weighted by Gasteiger charge is 2.13. The lowest BCUT2D eigenvalue weighted by Crippen LogP contribution is -2.11. The molecule has 0 aliphatic carbocycles. The van der Waals surface area contributed by atoms with Gasteiger partial charge in [-0.05, 0) is 30.9 Å². The first-order chi connectivity index (χ1) is 10.1. The minimum atomic E-state index is -0.987. The second kappa shape index (κ2) is 7.04. The second-order valence-corrected chi connectivity index (χ2v) is 5.24. The van der Waals surface area contributed by atoms with Crippen LogP contribution < -0.4 is 5.32 Å². The molecule has 0 fully saturated rings. The van der Waals surface area contributed by atoms with Crippen LogP contribution in [0.3, 0.4) is 0 Å². The van der Waals surface area contributed by atoms with Crippen LogP contribution in [0.25, 0.3) is 10.9 Å². The molecule has 1 aromatic carbocycles. The summed E-state index contributed by atoms with van der Waals surface area (Å²) in [5.74, 6) is -0.326. The van der Waals surface area contributed by atoms with Crippen molar-refractivity contribution in [2.75, 3.05) is 18.5 Å². The Hall–Kier alpha value is -2.14. The predicted molar refractivity (Wildman–Crippen MR) is 82.7 cm³/mol. The lowest BCUT2D eigenvalue weighted by atomic mass is 10.1. The molecule has 0 bridgehead atoms. The van der Waals surface area contributed by atoms with Crippen molar-refractivity contribution in [3.63, 3.8) is 0 Å². The fourth-order valence-electron chi connectivity index (χ4n) is 2.16. The third kappa shape index (κ3) is 3.92. The van der Waals surface area contributed by atoms with Crippen molar-refractivity contribution in [1.29, 1.82) is 0 Å². The summed E-state index contributed by atoms with van der Waals surface area (Å²) in [4.78, 5) is 15.7. The molecule has 0 amide bonds. The summed E-state index contributed by atoms with van der Waals surface area (Å²) in [5.41, 5.74) is 0.956. The quantitative estimate of drug-likeness (QED) is 0.682. The minimum Gasteiger partial charge on any atom is -0.478 e. The van der Waals surface area contributed by atoms with Crippen LogP contribution in [-0.4, -0.2) is 34.3 Å². The van der Waals surface area contributed by atoms with Crippen molar-refractivity contribution in [1.82, 2.24) is 4.98 Å². The molecule has 0 saturated carbocycles. The molecule has 1 unspecified atom stereocenters. The summed E-state index contributed by atoms with van der Waals surface area (Å²) in [5, 5.41) is 22.2. The van der Waals surface area contributed by atoms with Crippen LogP contribution in [0.2, 0.25) is 0 Å². The van der Waals surface area contributed by atoms with Gasteiger partial charge in [-0.1, -0.05) is 25.1 Å². The smallest absolute Gasteiger partial charge is 0.339 e. The Kier molecular flexibility index (Phi) is 5.11. The second-order valence-electron chi connectivity index (χ2n) is 5.24. The first-order valence-corrected chi connectivity index (χ1v) is 7.09. The third-order valence-electron chi connectivity index (χ3n) is 3.43. The number of para-hydroxylation sites is 1. The number of carboxylic acids is 1. The molecule has 112 valence electrons. The fourth-order valence-corrected chi connectivity index (χ4v) is 2.16. The predicted octanol–water partition coefficient (Wildman–Crippen LogP) is 2.75. The van der Waals surface area contributed by atoms with Gasteiger partial charge in [-0.15, -0.1) is 0 Å². The van der Waals surface area contributed by atoms with Crippen LogP contribution >= 0.6 is 0 Å². The monoisotopic (exact) mass is 288 g/mol. The molecule has 5 heteroatoms. The van der Waals surface area contributed by atoms with Crippen molar-refractivity contribution in [3.8, 4) is 0 Å². The molecule has 0 saturated heterocycles. The van der Waals surface area contributed by atoms with Gasteiger partial charge in [0.05, 0.1) is 5.52 Å². The number of anilines is 1. The maximum atomic E-state index is 11.3. The Morgan fingerprint density at radius 1 is 1.38 bits per heavy atom. The molecule has 1 atom stereocenters. The minimum absolute atomic E-state index is 0.175. The van der Waals surface area contributed by atoms with Gasteiger partial charge in [0.25, 0.3) is 0 Å². The number of nitrogens with one attached hydrogen (secondary N) is 1. The highest BCUT2D eigenvalue weighted by atomic mass is 16.4. The topological polar surface area (TPSA) is 82.5 Å². The molecule has 3 N–H and O–H groups in total. The number of fused-ring (bicyclic) bond motifs is 1. The van der Waals surface area contributed by atoms with Gasteiger partial charge in [0.1, 0.15) is 11.4 Å². The van der Waals surface area contributed by atoms with E-state index >= 15 is 0 Å². The molecule has 21 heavy (non-hydrogen) atoms. The molecule has 5 nitrogen and oxygen atoms in total. The maximum Gasteiger partial charge on any atom is 0.339 e. The Morgan fingerprint density at radius 2 is 2.14 bits per heavy atom. The average molecular weight is 288 g/mol. The van der Waals surface area contributed by atoms with Crippen molar-refractivity contribution in [2.45, 2.75) is 19.8 Å². The van der Waals surface area contributed by atoms with Crippen molar-refractivity contribution in [3.05, 3.63) is 35.9 Å². The number of carboxylic acid groups (broad SMARTS) is 1. The maximum absolute atomic E-state index is 11.3. The number of carbonyl (C=O) groups is 1. The zero-order chi connectivity index (χ0) is 15.2. The van der Waals surface area contributed by atoms with E-state index in [-0.39, 0.29) is 18.1 Å². The number of aromatic nitrogens is 1. The lowest BCUT2D eigenvalue weighted by molar-refractivity contribution is 0.0697. The Morgan fingerprint density at radius 3 is 2.86 bits per heavy atom. The third-order valence-corrected chi connectivity index (χ3v) is 3.43. The van der Waals surface area contributed by atoms with Gasteiger partial charge < -0.3 is 15.5 Å². The number of pyridine rings is 1. The van der Waals surface area contributed by atoms with E-state index in [0.29, 0.717) is 12.4 Å². The molecule has 0 aliphatic heterocycles. The normalized spacial score (nSPS) is 12.3. The highest BCUT2D eigenvalue weighted by molar-refractivity contribution is 5.98. The fraction of sp³-hybridized carbons (Fsp3) is 0.375. The number of aliphatic hydroxyl groups is 1. The van der Waals surface area contributed by atoms with Gasteiger partial charge in [-0.25, -0.2) is 9.78 Å². The van der Waals surface area contributed by atoms with Crippen molar-refractivity contribution < 1.29 is 15.0 Å². The molecule has 2 rings (SSSR count). The summed E-state index contributed by atoms with van der Waals surface area (Å²) >= 11 is 0. The summed E-state index contributed by atoms with van der Waals surface area (Å²) in [6, 6.07) is 9.09. The first kappa shape index (κ1) is 15.3. The lowest BCUT2D eigenvalue weighted by Gasteiger charge is -2.11. The Balaban J connectivity index is 2.13. The van der Waals surface area contributed by atoms with Gasteiger partial charge >= 0.3 is 5.97 Å². The van der Waals surface area contributed by atoms with Gasteiger partial charge in [0.15, 0.2) is 0 Å². The highest BCUT2D eigenvalue weighted by Crippen LogP contribution is 2.20. The number of hydrogen-bond acceptors (Lipinski definition) is 4. The number of aliphatic hydroxyl groups excluding tert-OH is 1. The average Bonchev–Trinajstić information content (AvgIpc) is 2.50. The SMILES string of the molecule is CC(CO)CCCNc1nc2ccccc2cc1C(=O)O. The number of nitrogens with zero attached hydrogens (tertiary/aromatic N) is 1. The largest absolute Gasteiger partial charge is 0.478 e. The molecular formula is C16H20N2O3. The Bertz CT molecular complexity index is 628. The van der Waals surface area contributed by atoms with Gasteiger partial charge in [-0.3, -0.25) is 0 Å². The van der Waals surface area contributed by atoms with Gasteiger partial charge in [0, 0.05) is 18.5 Å². The molecule has 1 heterocycles. The van der Waals surface area contributed by atoms with Gasteiger partial charge in [0.2, 0.25) is 0 Å². The molecule has 0 spiro atoms. The molecule has 0 aliphatic rings.